The van der Waals surface area contributed by atoms with Crippen LogP contribution in [0, 0.1) is 6.92 Å². The maximum Gasteiger partial charge on any atom is 0.137 e. The highest BCUT2D eigenvalue weighted by atomic mass is 15.3. The summed E-state index contributed by atoms with van der Waals surface area (Å²) in [5.41, 5.74) is 1.18. The van der Waals surface area contributed by atoms with Gasteiger partial charge < -0.3 is 10.2 Å². The fraction of sp³-hybridized carbons (Fsp3) is 0.750. The van der Waals surface area contributed by atoms with Crippen LogP contribution in [0.2, 0.25) is 0 Å². The van der Waals surface area contributed by atoms with E-state index in [4.69, 9.17) is 9.97 Å². The van der Waals surface area contributed by atoms with Gasteiger partial charge in [0.2, 0.25) is 0 Å². The number of nitrogens with zero attached hydrogens (tertiary/aromatic N) is 4. The van der Waals surface area contributed by atoms with Crippen LogP contribution in [0.4, 0.5) is 11.6 Å². The van der Waals surface area contributed by atoms with E-state index in [0.29, 0.717) is 12.0 Å². The average molecular weight is 289 g/mol. The first kappa shape index (κ1) is 14.6. The van der Waals surface area contributed by atoms with Gasteiger partial charge in [-0.25, -0.2) is 9.97 Å². The minimum absolute atomic E-state index is 0.591. The standard InChI is InChI=1S/C16H27N5/c1-11(2)20-7-9-21(10-8-20)16-12(3)14(17-4)18-15(19-16)13-5-6-13/h11,13H,5-10H2,1-4H3,(H,17,18,19). The Morgan fingerprint density at radius 3 is 2.29 bits per heavy atom. The third-order valence-corrected chi connectivity index (χ3v) is 4.66. The molecule has 0 amide bonds. The molecule has 0 unspecified atom stereocenters. The first-order valence-corrected chi connectivity index (χ1v) is 8.15. The molecule has 5 heteroatoms. The normalized spacial score (nSPS) is 20.1. The minimum atomic E-state index is 0.591. The van der Waals surface area contributed by atoms with Crippen molar-refractivity contribution >= 4 is 11.6 Å². The molecule has 0 radical (unpaired) electrons. The predicted octanol–water partition coefficient (Wildman–Crippen LogP) is 2.23. The molecule has 1 saturated heterocycles. The monoisotopic (exact) mass is 289 g/mol. The number of aromatic nitrogens is 2. The largest absolute Gasteiger partial charge is 0.373 e. The van der Waals surface area contributed by atoms with E-state index in [2.05, 4.69) is 35.9 Å². The van der Waals surface area contributed by atoms with Crippen LogP contribution in [-0.2, 0) is 0 Å². The Hall–Kier alpha value is -1.36. The Kier molecular flexibility index (Phi) is 4.02. The Morgan fingerprint density at radius 2 is 1.76 bits per heavy atom. The van der Waals surface area contributed by atoms with Crippen molar-refractivity contribution in [1.82, 2.24) is 14.9 Å². The summed E-state index contributed by atoms with van der Waals surface area (Å²) in [4.78, 5) is 14.6. The lowest BCUT2D eigenvalue weighted by atomic mass is 10.2. The molecule has 0 bridgehead atoms. The summed E-state index contributed by atoms with van der Waals surface area (Å²) >= 11 is 0. The van der Waals surface area contributed by atoms with Crippen LogP contribution in [0.1, 0.15) is 44.0 Å². The quantitative estimate of drug-likeness (QED) is 0.921. The van der Waals surface area contributed by atoms with Crippen molar-refractivity contribution in [1.29, 1.82) is 0 Å². The maximum atomic E-state index is 4.89. The highest BCUT2D eigenvalue weighted by Gasteiger charge is 2.29. The zero-order valence-corrected chi connectivity index (χ0v) is 13.7. The number of rotatable bonds is 4. The molecule has 0 spiro atoms. The van der Waals surface area contributed by atoms with Crippen molar-refractivity contribution < 1.29 is 0 Å². The van der Waals surface area contributed by atoms with E-state index in [9.17, 15) is 0 Å². The molecule has 2 aliphatic rings. The van der Waals surface area contributed by atoms with Gasteiger partial charge >= 0.3 is 0 Å². The predicted molar refractivity (Wildman–Crippen MR) is 87.2 cm³/mol. The van der Waals surface area contributed by atoms with E-state index in [-0.39, 0.29) is 0 Å². The molecule has 116 valence electrons. The summed E-state index contributed by atoms with van der Waals surface area (Å²) in [6.45, 7) is 11.0. The number of hydrogen-bond donors (Lipinski definition) is 1. The van der Waals surface area contributed by atoms with Crippen molar-refractivity contribution in [3.05, 3.63) is 11.4 Å². The van der Waals surface area contributed by atoms with Crippen LogP contribution in [-0.4, -0.2) is 54.1 Å². The summed E-state index contributed by atoms with van der Waals surface area (Å²) in [7, 11) is 1.95. The highest BCUT2D eigenvalue weighted by Crippen LogP contribution is 2.40. The second kappa shape index (κ2) is 5.79. The van der Waals surface area contributed by atoms with Gasteiger partial charge in [0.15, 0.2) is 0 Å². The van der Waals surface area contributed by atoms with Gasteiger partial charge in [0, 0.05) is 50.7 Å². The number of hydrogen-bond acceptors (Lipinski definition) is 5. The van der Waals surface area contributed by atoms with E-state index in [1.165, 1.54) is 18.4 Å². The smallest absolute Gasteiger partial charge is 0.137 e. The summed E-state index contributed by atoms with van der Waals surface area (Å²) in [6.07, 6.45) is 2.49. The van der Waals surface area contributed by atoms with Gasteiger partial charge in [-0.05, 0) is 33.6 Å². The Bertz CT molecular complexity index is 502. The topological polar surface area (TPSA) is 44.3 Å². The fourth-order valence-corrected chi connectivity index (χ4v) is 3.05. The van der Waals surface area contributed by atoms with E-state index in [1.54, 1.807) is 0 Å². The van der Waals surface area contributed by atoms with Gasteiger partial charge in [0.1, 0.15) is 17.5 Å². The van der Waals surface area contributed by atoms with Crippen LogP contribution in [0.15, 0.2) is 0 Å². The van der Waals surface area contributed by atoms with E-state index < -0.39 is 0 Å². The van der Waals surface area contributed by atoms with Crippen LogP contribution >= 0.6 is 0 Å². The molecule has 2 heterocycles. The summed E-state index contributed by atoms with van der Waals surface area (Å²) < 4.78 is 0. The van der Waals surface area contributed by atoms with Gasteiger partial charge in [-0.3, -0.25) is 4.90 Å². The highest BCUT2D eigenvalue weighted by molar-refractivity contribution is 5.59. The number of anilines is 2. The van der Waals surface area contributed by atoms with Crippen molar-refractivity contribution in [3.8, 4) is 0 Å². The van der Waals surface area contributed by atoms with E-state index in [1.807, 2.05) is 7.05 Å². The van der Waals surface area contributed by atoms with Crippen LogP contribution in [0.3, 0.4) is 0 Å². The lowest BCUT2D eigenvalue weighted by molar-refractivity contribution is 0.209. The molecular formula is C16H27N5. The molecule has 1 aromatic rings. The Labute approximate surface area is 127 Å². The summed E-state index contributed by atoms with van der Waals surface area (Å²) in [5, 5.41) is 3.24. The molecule has 0 atom stereocenters. The SMILES string of the molecule is CNc1nc(C2CC2)nc(N2CCN(C(C)C)CC2)c1C. The molecule has 1 aliphatic carbocycles. The maximum absolute atomic E-state index is 4.89. The van der Waals surface area contributed by atoms with E-state index in [0.717, 1.165) is 43.6 Å². The average Bonchev–Trinajstić information content (AvgIpc) is 3.32. The molecule has 5 nitrogen and oxygen atoms in total. The van der Waals surface area contributed by atoms with Gasteiger partial charge in [-0.15, -0.1) is 0 Å². The molecule has 3 rings (SSSR count). The van der Waals surface area contributed by atoms with Crippen molar-refractivity contribution in [2.45, 2.75) is 45.6 Å². The zero-order valence-electron chi connectivity index (χ0n) is 13.7. The van der Waals surface area contributed by atoms with Gasteiger partial charge in [-0.2, -0.15) is 0 Å². The molecule has 1 saturated carbocycles. The lowest BCUT2D eigenvalue weighted by Gasteiger charge is -2.38. The van der Waals surface area contributed by atoms with Gasteiger partial charge in [0.25, 0.3) is 0 Å². The first-order valence-electron chi connectivity index (χ1n) is 8.15. The minimum Gasteiger partial charge on any atom is -0.373 e. The third kappa shape index (κ3) is 2.98. The molecule has 2 fully saturated rings. The zero-order chi connectivity index (χ0) is 15.0. The Balaban J connectivity index is 1.82. The van der Waals surface area contributed by atoms with Gasteiger partial charge in [0.05, 0.1) is 0 Å². The Morgan fingerprint density at radius 1 is 1.10 bits per heavy atom. The van der Waals surface area contributed by atoms with Crippen molar-refractivity contribution in [2.75, 3.05) is 43.4 Å². The summed E-state index contributed by atoms with van der Waals surface area (Å²) in [5.74, 6) is 3.76. The summed E-state index contributed by atoms with van der Waals surface area (Å²) in [6, 6.07) is 0.633. The third-order valence-electron chi connectivity index (χ3n) is 4.66. The molecule has 1 aliphatic heterocycles. The molecule has 0 aromatic carbocycles. The van der Waals surface area contributed by atoms with Gasteiger partial charge in [-0.1, -0.05) is 0 Å². The number of piperazine rings is 1. The van der Waals surface area contributed by atoms with Crippen molar-refractivity contribution in [3.63, 3.8) is 0 Å². The van der Waals surface area contributed by atoms with Crippen LogP contribution < -0.4 is 10.2 Å². The van der Waals surface area contributed by atoms with Crippen LogP contribution in [0.5, 0.6) is 0 Å². The van der Waals surface area contributed by atoms with Crippen molar-refractivity contribution in [2.24, 2.45) is 0 Å². The van der Waals surface area contributed by atoms with E-state index >= 15 is 0 Å². The molecule has 21 heavy (non-hydrogen) atoms. The molecule has 1 N–H and O–H groups in total. The second-order valence-electron chi connectivity index (χ2n) is 6.52. The second-order valence-corrected chi connectivity index (χ2v) is 6.52. The molecular weight excluding hydrogens is 262 g/mol. The first-order chi connectivity index (χ1) is 10.1. The lowest BCUT2D eigenvalue weighted by Crippen LogP contribution is -2.49. The number of nitrogens with one attached hydrogen (secondary N) is 1. The van der Waals surface area contributed by atoms with Crippen LogP contribution in [0.25, 0.3) is 0 Å². The fourth-order valence-electron chi connectivity index (χ4n) is 3.05. The molecule has 1 aromatic heterocycles.